The molecule has 0 aliphatic carbocycles. The Bertz CT molecular complexity index is 611. The first-order valence-corrected chi connectivity index (χ1v) is 9.97. The molecule has 2 aliphatic rings. The maximum atomic E-state index is 12.6. The molecule has 0 spiro atoms. The van der Waals surface area contributed by atoms with Gasteiger partial charge in [-0.1, -0.05) is 6.92 Å². The van der Waals surface area contributed by atoms with Crippen LogP contribution in [0.3, 0.4) is 0 Å². The van der Waals surface area contributed by atoms with Crippen LogP contribution in [0.2, 0.25) is 0 Å². The second-order valence-corrected chi connectivity index (χ2v) is 7.73. The van der Waals surface area contributed by atoms with Crippen LogP contribution in [0.1, 0.15) is 39.2 Å². The van der Waals surface area contributed by atoms with E-state index >= 15 is 0 Å². The van der Waals surface area contributed by atoms with E-state index in [1.54, 1.807) is 0 Å². The van der Waals surface area contributed by atoms with Crippen LogP contribution in [-0.4, -0.2) is 49.7 Å². The van der Waals surface area contributed by atoms with Crippen molar-refractivity contribution < 1.29 is 14.3 Å². The zero-order valence-electron chi connectivity index (χ0n) is 16.3. The van der Waals surface area contributed by atoms with Gasteiger partial charge in [0.25, 0.3) is 0 Å². The summed E-state index contributed by atoms with van der Waals surface area (Å²) in [6, 6.07) is 6.24. The van der Waals surface area contributed by atoms with Gasteiger partial charge in [0.05, 0.1) is 12.5 Å². The maximum absolute atomic E-state index is 12.6. The molecule has 2 unspecified atom stereocenters. The number of nitrogens with zero attached hydrogens (tertiary/aromatic N) is 1. The fraction of sp³-hybridized carbons (Fsp3) is 0.667. The molecule has 1 saturated heterocycles. The van der Waals surface area contributed by atoms with Gasteiger partial charge in [-0.15, -0.1) is 0 Å². The Morgan fingerprint density at radius 2 is 2.15 bits per heavy atom. The van der Waals surface area contributed by atoms with Crippen molar-refractivity contribution in [2.75, 3.05) is 32.8 Å². The highest BCUT2D eigenvalue weighted by Crippen LogP contribution is 2.31. The topological polar surface area (TPSA) is 50.8 Å². The fourth-order valence-electron chi connectivity index (χ4n) is 3.79. The molecule has 144 valence electrons. The lowest BCUT2D eigenvalue weighted by Gasteiger charge is -2.35. The first-order valence-electron chi connectivity index (χ1n) is 9.97. The third-order valence-electron chi connectivity index (χ3n) is 5.63. The highest BCUT2D eigenvalue weighted by Gasteiger charge is 2.27. The Morgan fingerprint density at radius 3 is 2.88 bits per heavy atom. The molecule has 0 aromatic heterocycles. The summed E-state index contributed by atoms with van der Waals surface area (Å²) in [6.07, 6.45) is 3.22. The molecule has 0 radical (unpaired) electrons. The molecule has 2 heterocycles. The predicted molar refractivity (Wildman–Crippen MR) is 103 cm³/mol. The number of carbonyl (C=O) groups excluding carboxylic acids is 1. The van der Waals surface area contributed by atoms with E-state index < -0.39 is 0 Å². The van der Waals surface area contributed by atoms with E-state index in [0.717, 1.165) is 36.1 Å². The van der Waals surface area contributed by atoms with Gasteiger partial charge in [-0.05, 0) is 75.9 Å². The van der Waals surface area contributed by atoms with Gasteiger partial charge < -0.3 is 14.8 Å². The lowest BCUT2D eigenvalue weighted by molar-refractivity contribution is -0.126. The fourth-order valence-corrected chi connectivity index (χ4v) is 3.79. The minimum absolute atomic E-state index is 0.0923. The average molecular weight is 360 g/mol. The second-order valence-electron chi connectivity index (χ2n) is 7.73. The van der Waals surface area contributed by atoms with Crippen molar-refractivity contribution in [3.63, 3.8) is 0 Å². The van der Waals surface area contributed by atoms with E-state index in [9.17, 15) is 4.79 Å². The summed E-state index contributed by atoms with van der Waals surface area (Å²) >= 11 is 0. The SMILES string of the molecule is CCOc1ccc2c(c1)CC(C(=O)NCC(C)N1CCC(C)CC1)CO2. The minimum Gasteiger partial charge on any atom is -0.494 e. The number of ether oxygens (including phenoxy) is 2. The Labute approximate surface area is 157 Å². The lowest BCUT2D eigenvalue weighted by Crippen LogP contribution is -2.47. The summed E-state index contributed by atoms with van der Waals surface area (Å²) in [4.78, 5) is 15.1. The van der Waals surface area contributed by atoms with E-state index in [-0.39, 0.29) is 11.8 Å². The van der Waals surface area contributed by atoms with Gasteiger partial charge in [-0.25, -0.2) is 0 Å². The molecule has 2 aliphatic heterocycles. The first-order chi connectivity index (χ1) is 12.6. The molecular weight excluding hydrogens is 328 g/mol. The van der Waals surface area contributed by atoms with E-state index in [0.29, 0.717) is 32.2 Å². The molecule has 26 heavy (non-hydrogen) atoms. The van der Waals surface area contributed by atoms with Crippen molar-refractivity contribution in [3.05, 3.63) is 23.8 Å². The molecular formula is C21H32N2O3. The number of benzene rings is 1. The number of piperidine rings is 1. The van der Waals surface area contributed by atoms with Gasteiger partial charge in [0.1, 0.15) is 18.1 Å². The quantitative estimate of drug-likeness (QED) is 0.848. The standard InChI is InChI=1S/C21H32N2O3/c1-4-25-19-5-6-20-17(12-19)11-18(14-26-20)21(24)22-13-16(3)23-9-7-15(2)8-10-23/h5-6,12,15-16,18H,4,7-11,13-14H2,1-3H3,(H,22,24). The van der Waals surface area contributed by atoms with Crippen molar-refractivity contribution >= 4 is 5.91 Å². The molecule has 1 aromatic carbocycles. The van der Waals surface area contributed by atoms with Crippen LogP contribution in [0, 0.1) is 11.8 Å². The molecule has 0 bridgehead atoms. The number of nitrogens with one attached hydrogen (secondary N) is 1. The second kappa shape index (κ2) is 8.76. The van der Waals surface area contributed by atoms with Gasteiger partial charge >= 0.3 is 0 Å². The summed E-state index contributed by atoms with van der Waals surface area (Å²) in [5.41, 5.74) is 1.06. The smallest absolute Gasteiger partial charge is 0.226 e. The zero-order chi connectivity index (χ0) is 18.5. The van der Waals surface area contributed by atoms with E-state index in [2.05, 4.69) is 24.1 Å². The highest BCUT2D eigenvalue weighted by molar-refractivity contribution is 5.79. The van der Waals surface area contributed by atoms with Crippen molar-refractivity contribution in [3.8, 4) is 11.5 Å². The number of hydrogen-bond acceptors (Lipinski definition) is 4. The molecule has 1 fully saturated rings. The van der Waals surface area contributed by atoms with E-state index in [4.69, 9.17) is 9.47 Å². The largest absolute Gasteiger partial charge is 0.494 e. The van der Waals surface area contributed by atoms with Crippen LogP contribution in [0.25, 0.3) is 0 Å². The summed E-state index contributed by atoms with van der Waals surface area (Å²) < 4.78 is 11.4. The third kappa shape index (κ3) is 4.70. The maximum Gasteiger partial charge on any atom is 0.226 e. The Kier molecular flexibility index (Phi) is 6.41. The number of hydrogen-bond donors (Lipinski definition) is 1. The Balaban J connectivity index is 1.50. The van der Waals surface area contributed by atoms with Crippen molar-refractivity contribution in [1.82, 2.24) is 10.2 Å². The lowest BCUT2D eigenvalue weighted by atomic mass is 9.95. The van der Waals surface area contributed by atoms with Crippen LogP contribution in [0.15, 0.2) is 18.2 Å². The Hall–Kier alpha value is -1.75. The molecule has 2 atom stereocenters. The third-order valence-corrected chi connectivity index (χ3v) is 5.63. The number of amides is 1. The van der Waals surface area contributed by atoms with Gasteiger partial charge in [-0.3, -0.25) is 9.69 Å². The Morgan fingerprint density at radius 1 is 1.38 bits per heavy atom. The van der Waals surface area contributed by atoms with E-state index in [1.165, 1.54) is 12.8 Å². The number of likely N-dealkylation sites (tertiary alicyclic amines) is 1. The monoisotopic (exact) mass is 360 g/mol. The summed E-state index contributed by atoms with van der Waals surface area (Å²) in [5.74, 6) is 2.49. The van der Waals surface area contributed by atoms with Crippen LogP contribution in [0.5, 0.6) is 11.5 Å². The molecule has 5 nitrogen and oxygen atoms in total. The summed E-state index contributed by atoms with van der Waals surface area (Å²) in [6.45, 7) is 10.6. The summed E-state index contributed by atoms with van der Waals surface area (Å²) in [5, 5.41) is 3.14. The molecule has 1 aromatic rings. The summed E-state index contributed by atoms with van der Waals surface area (Å²) in [7, 11) is 0. The zero-order valence-corrected chi connectivity index (χ0v) is 16.3. The number of fused-ring (bicyclic) bond motifs is 1. The molecule has 5 heteroatoms. The number of carbonyl (C=O) groups is 1. The van der Waals surface area contributed by atoms with Crippen molar-refractivity contribution in [2.45, 2.75) is 46.1 Å². The predicted octanol–water partition coefficient (Wildman–Crippen LogP) is 2.87. The van der Waals surface area contributed by atoms with Crippen LogP contribution < -0.4 is 14.8 Å². The molecule has 1 N–H and O–H groups in total. The van der Waals surface area contributed by atoms with Gasteiger partial charge in [0.2, 0.25) is 5.91 Å². The van der Waals surface area contributed by atoms with Crippen LogP contribution >= 0.6 is 0 Å². The normalized spacial score (nSPS) is 22.2. The van der Waals surface area contributed by atoms with Crippen molar-refractivity contribution in [2.24, 2.45) is 11.8 Å². The number of rotatable bonds is 6. The van der Waals surface area contributed by atoms with Gasteiger partial charge in [0.15, 0.2) is 0 Å². The first kappa shape index (κ1) is 19.0. The van der Waals surface area contributed by atoms with Crippen LogP contribution in [-0.2, 0) is 11.2 Å². The van der Waals surface area contributed by atoms with Crippen molar-refractivity contribution in [1.29, 1.82) is 0 Å². The van der Waals surface area contributed by atoms with Gasteiger partial charge in [0, 0.05) is 12.6 Å². The molecule has 0 saturated carbocycles. The molecule has 1 amide bonds. The average Bonchev–Trinajstić information content (AvgIpc) is 2.66. The minimum atomic E-state index is -0.132. The van der Waals surface area contributed by atoms with E-state index in [1.807, 2.05) is 25.1 Å². The van der Waals surface area contributed by atoms with Crippen LogP contribution in [0.4, 0.5) is 0 Å². The molecule has 3 rings (SSSR count). The highest BCUT2D eigenvalue weighted by atomic mass is 16.5. The van der Waals surface area contributed by atoms with Gasteiger partial charge in [-0.2, -0.15) is 0 Å².